The number of halogens is 4. The van der Waals surface area contributed by atoms with Crippen LogP contribution in [0.4, 0.5) is 23.2 Å². The van der Waals surface area contributed by atoms with E-state index in [1.807, 2.05) is 4.90 Å². The molecule has 2 aromatic carbocycles. The molecule has 1 atom stereocenters. The first-order valence-electron chi connectivity index (χ1n) is 13.5. The fourth-order valence-corrected chi connectivity index (χ4v) is 6.01. The van der Waals surface area contributed by atoms with Gasteiger partial charge in [-0.2, -0.15) is 13.2 Å². The number of anilines is 1. The number of rotatable bonds is 6. The number of aryl methyl sites for hydroxylation is 1. The van der Waals surface area contributed by atoms with Gasteiger partial charge in [0.15, 0.2) is 12.0 Å². The topological polar surface area (TPSA) is 83.7 Å². The van der Waals surface area contributed by atoms with Crippen LogP contribution in [0.25, 0.3) is 0 Å². The van der Waals surface area contributed by atoms with Crippen LogP contribution in [0.15, 0.2) is 42.7 Å². The number of amides is 1. The lowest BCUT2D eigenvalue weighted by Crippen LogP contribution is -2.50. The predicted molar refractivity (Wildman–Crippen MR) is 141 cm³/mol. The van der Waals surface area contributed by atoms with Gasteiger partial charge in [-0.3, -0.25) is 9.69 Å². The van der Waals surface area contributed by atoms with Crippen LogP contribution in [0.5, 0.6) is 0 Å². The van der Waals surface area contributed by atoms with Crippen LogP contribution in [0, 0.1) is 0 Å². The second-order valence-electron chi connectivity index (χ2n) is 11.7. The molecule has 1 N–H and O–H groups in total. The van der Waals surface area contributed by atoms with E-state index in [-0.39, 0.29) is 43.3 Å². The van der Waals surface area contributed by atoms with Crippen LogP contribution < -0.4 is 4.90 Å². The van der Waals surface area contributed by atoms with Gasteiger partial charge in [0.2, 0.25) is 0 Å². The molecule has 1 aromatic heterocycles. The Hall–Kier alpha value is -3.35. The molecule has 2 fully saturated rings. The Bertz CT molecular complexity index is 1470. The highest BCUT2D eigenvalue weighted by Crippen LogP contribution is 2.47. The minimum absolute atomic E-state index is 0.0216. The highest BCUT2D eigenvalue weighted by atomic mass is 19.4. The molecule has 12 heteroatoms. The van der Waals surface area contributed by atoms with Gasteiger partial charge in [0, 0.05) is 37.9 Å². The van der Waals surface area contributed by atoms with Crippen molar-refractivity contribution in [2.45, 2.75) is 56.2 Å². The molecule has 4 heterocycles. The smallest absolute Gasteiger partial charge is 0.390 e. The lowest BCUT2D eigenvalue weighted by atomic mass is 9.74. The van der Waals surface area contributed by atoms with E-state index < -0.39 is 34.8 Å². The van der Waals surface area contributed by atoms with E-state index in [0.717, 1.165) is 6.07 Å². The molecule has 3 aliphatic heterocycles. The van der Waals surface area contributed by atoms with Crippen molar-refractivity contribution >= 4 is 11.6 Å². The largest absolute Gasteiger partial charge is 0.416 e. The summed E-state index contributed by atoms with van der Waals surface area (Å²) in [5.41, 5.74) is -1.36. The molecular weight excluding hydrogens is 542 g/mol. The molecule has 0 saturated carbocycles. The van der Waals surface area contributed by atoms with Gasteiger partial charge in [0.05, 0.1) is 36.3 Å². The number of hydrogen-bond donors (Lipinski definition) is 1. The number of carbonyl (C=O) groups excluding carboxylic acids is 1. The predicted octanol–water partition coefficient (Wildman–Crippen LogP) is 4.32. The molecule has 0 bridgehead atoms. The van der Waals surface area contributed by atoms with Crippen LogP contribution in [-0.2, 0) is 36.5 Å². The SMILES string of the molecule is Cn1cnnc1[C@H](F)C1(c2cccc(N3Cc4c(cc(CN5CCC(C)(O)CC5)cc4C(F)(F)F)C3=O)c2)COC1. The summed E-state index contributed by atoms with van der Waals surface area (Å²) in [5.74, 6) is -0.391. The normalized spacial score (nSPS) is 21.0. The van der Waals surface area contributed by atoms with Crippen molar-refractivity contribution in [3.63, 3.8) is 0 Å². The fourth-order valence-electron chi connectivity index (χ4n) is 6.01. The summed E-state index contributed by atoms with van der Waals surface area (Å²) in [7, 11) is 1.65. The second kappa shape index (κ2) is 9.88. The average molecular weight is 574 g/mol. The number of aromatic nitrogens is 3. The molecule has 3 aliphatic rings. The van der Waals surface area contributed by atoms with E-state index in [1.165, 1.54) is 15.8 Å². The summed E-state index contributed by atoms with van der Waals surface area (Å²) in [5, 5.41) is 17.9. The van der Waals surface area contributed by atoms with Crippen LogP contribution in [0.2, 0.25) is 0 Å². The zero-order valence-electron chi connectivity index (χ0n) is 22.8. The Morgan fingerprint density at radius 3 is 2.49 bits per heavy atom. The third-order valence-corrected chi connectivity index (χ3v) is 8.66. The molecule has 0 aliphatic carbocycles. The molecule has 3 aromatic rings. The lowest BCUT2D eigenvalue weighted by Gasteiger charge is -2.43. The molecule has 2 saturated heterocycles. The minimum atomic E-state index is -4.64. The second-order valence-corrected chi connectivity index (χ2v) is 11.7. The van der Waals surface area contributed by atoms with Gasteiger partial charge >= 0.3 is 6.18 Å². The number of likely N-dealkylation sites (tertiary alicyclic amines) is 1. The number of nitrogens with zero attached hydrogens (tertiary/aromatic N) is 5. The zero-order chi connectivity index (χ0) is 29.2. The van der Waals surface area contributed by atoms with Crippen LogP contribution in [0.3, 0.4) is 0 Å². The maximum absolute atomic E-state index is 15.9. The first kappa shape index (κ1) is 27.8. The number of ether oxygens (including phenoxy) is 1. The highest BCUT2D eigenvalue weighted by molar-refractivity contribution is 6.10. The van der Waals surface area contributed by atoms with E-state index in [9.17, 15) is 23.1 Å². The number of hydrogen-bond acceptors (Lipinski definition) is 6. The van der Waals surface area contributed by atoms with Crippen molar-refractivity contribution < 1.29 is 32.2 Å². The summed E-state index contributed by atoms with van der Waals surface area (Å²) >= 11 is 0. The Kier molecular flexibility index (Phi) is 6.70. The first-order chi connectivity index (χ1) is 19.4. The molecule has 0 radical (unpaired) electrons. The molecule has 218 valence electrons. The Balaban J connectivity index is 1.31. The molecule has 0 unspecified atom stereocenters. The number of carbonyl (C=O) groups is 1. The van der Waals surface area contributed by atoms with Crippen LogP contribution in [-0.4, -0.2) is 62.6 Å². The van der Waals surface area contributed by atoms with Crippen molar-refractivity contribution in [1.29, 1.82) is 0 Å². The third-order valence-electron chi connectivity index (χ3n) is 8.66. The Morgan fingerprint density at radius 1 is 1.15 bits per heavy atom. The molecule has 0 spiro atoms. The number of alkyl halides is 4. The number of piperidine rings is 1. The summed E-state index contributed by atoms with van der Waals surface area (Å²) in [6.07, 6.45) is -3.73. The molecule has 41 heavy (non-hydrogen) atoms. The van der Waals surface area contributed by atoms with E-state index in [4.69, 9.17) is 4.74 Å². The summed E-state index contributed by atoms with van der Waals surface area (Å²) < 4.78 is 65.5. The number of benzene rings is 2. The van der Waals surface area contributed by atoms with E-state index >= 15 is 4.39 Å². The van der Waals surface area contributed by atoms with Gasteiger partial charge in [-0.15, -0.1) is 10.2 Å². The fraction of sp³-hybridized carbons (Fsp3) is 0.483. The Morgan fingerprint density at radius 2 is 1.88 bits per heavy atom. The van der Waals surface area contributed by atoms with Gasteiger partial charge in [-0.25, -0.2) is 4.39 Å². The van der Waals surface area contributed by atoms with E-state index in [2.05, 4.69) is 10.2 Å². The first-order valence-corrected chi connectivity index (χ1v) is 13.5. The lowest BCUT2D eigenvalue weighted by molar-refractivity contribution is -0.138. The molecule has 1 amide bonds. The molecule has 8 nitrogen and oxygen atoms in total. The number of aliphatic hydroxyl groups is 1. The minimum Gasteiger partial charge on any atom is -0.390 e. The van der Waals surface area contributed by atoms with Crippen molar-refractivity contribution in [3.05, 3.63) is 76.4 Å². The van der Waals surface area contributed by atoms with Crippen molar-refractivity contribution in [2.24, 2.45) is 7.05 Å². The molecule has 6 rings (SSSR count). The zero-order valence-corrected chi connectivity index (χ0v) is 22.8. The summed E-state index contributed by atoms with van der Waals surface area (Å²) in [6, 6.07) is 9.39. The standard InChI is InChI=1S/C29H31F4N5O3/c1-27(40)6-8-37(9-7-27)13-18-10-21-22(23(11-18)29(31,32)33)14-38(26(21)39)20-5-3-4-19(12-20)28(15-41-16-28)24(30)25-35-34-17-36(25)2/h3-5,10-12,17,24,40H,6-9,13-16H2,1-2H3/t24-/m0/s1. The van der Waals surface area contributed by atoms with E-state index in [0.29, 0.717) is 42.7 Å². The van der Waals surface area contributed by atoms with Crippen molar-refractivity contribution in [1.82, 2.24) is 19.7 Å². The number of fused-ring (bicyclic) bond motifs is 1. The van der Waals surface area contributed by atoms with Crippen LogP contribution in [0.1, 0.15) is 64.4 Å². The maximum Gasteiger partial charge on any atom is 0.416 e. The summed E-state index contributed by atoms with van der Waals surface area (Å²) in [6.45, 7) is 3.04. The highest BCUT2D eigenvalue weighted by Gasteiger charge is 2.51. The monoisotopic (exact) mass is 573 g/mol. The van der Waals surface area contributed by atoms with Gasteiger partial charge in [-0.05, 0) is 60.7 Å². The molecular formula is C29H31F4N5O3. The quantitative estimate of drug-likeness (QED) is 0.443. The van der Waals surface area contributed by atoms with E-state index in [1.54, 1.807) is 44.3 Å². The maximum atomic E-state index is 15.9. The Labute approximate surface area is 234 Å². The van der Waals surface area contributed by atoms with Gasteiger partial charge < -0.3 is 19.3 Å². The third kappa shape index (κ3) is 4.91. The van der Waals surface area contributed by atoms with Crippen molar-refractivity contribution in [2.75, 3.05) is 31.2 Å². The average Bonchev–Trinajstić information content (AvgIpc) is 3.47. The van der Waals surface area contributed by atoms with Gasteiger partial charge in [0.1, 0.15) is 6.33 Å². The van der Waals surface area contributed by atoms with Gasteiger partial charge in [-0.1, -0.05) is 12.1 Å². The summed E-state index contributed by atoms with van der Waals surface area (Å²) in [4.78, 5) is 16.9. The van der Waals surface area contributed by atoms with Crippen molar-refractivity contribution in [3.8, 4) is 0 Å². The van der Waals surface area contributed by atoms with Gasteiger partial charge in [0.25, 0.3) is 5.91 Å². The van der Waals surface area contributed by atoms with Crippen LogP contribution >= 0.6 is 0 Å².